The molecule has 0 unspecified atom stereocenters. The number of nitrogens with zero attached hydrogens (tertiary/aromatic N) is 4. The van der Waals surface area contributed by atoms with Gasteiger partial charge in [-0.2, -0.15) is 5.10 Å². The van der Waals surface area contributed by atoms with E-state index in [2.05, 4.69) is 17.0 Å². The number of ether oxygens (including phenoxy) is 1. The Balaban J connectivity index is 1.64. The van der Waals surface area contributed by atoms with Crippen molar-refractivity contribution in [3.63, 3.8) is 0 Å². The van der Waals surface area contributed by atoms with Gasteiger partial charge in [-0.15, -0.1) is 0 Å². The third kappa shape index (κ3) is 2.48. The molecule has 3 heterocycles. The van der Waals surface area contributed by atoms with Gasteiger partial charge >= 0.3 is 0 Å². The van der Waals surface area contributed by atoms with Gasteiger partial charge in [0, 0.05) is 39.0 Å². The molecule has 2 fully saturated rings. The van der Waals surface area contributed by atoms with Gasteiger partial charge in [-0.05, 0) is 19.2 Å². The first-order valence-electron chi connectivity index (χ1n) is 6.92. The number of rotatable bonds is 2. The van der Waals surface area contributed by atoms with Gasteiger partial charge in [0.15, 0.2) is 0 Å². The molecule has 0 aliphatic carbocycles. The molecule has 1 aromatic rings. The molecule has 0 aromatic carbocycles. The molecule has 0 saturated carbocycles. The van der Waals surface area contributed by atoms with Gasteiger partial charge in [0.2, 0.25) is 5.91 Å². The summed E-state index contributed by atoms with van der Waals surface area (Å²) in [5.41, 5.74) is 0.920. The van der Waals surface area contributed by atoms with Crippen molar-refractivity contribution in [2.45, 2.75) is 12.1 Å². The third-order valence-electron chi connectivity index (χ3n) is 4.15. The minimum Gasteiger partial charge on any atom is -0.373 e. The molecule has 0 radical (unpaired) electrons. The zero-order chi connectivity index (χ0) is 14.1. The molecule has 108 valence electrons. The van der Waals surface area contributed by atoms with Crippen LogP contribution in [0.2, 0.25) is 0 Å². The minimum absolute atomic E-state index is 0.0394. The van der Waals surface area contributed by atoms with Crippen LogP contribution in [-0.2, 0) is 16.6 Å². The van der Waals surface area contributed by atoms with E-state index in [4.69, 9.17) is 4.74 Å². The van der Waals surface area contributed by atoms with E-state index in [9.17, 15) is 4.79 Å². The van der Waals surface area contributed by atoms with Gasteiger partial charge in [0.25, 0.3) is 0 Å². The largest absolute Gasteiger partial charge is 0.373 e. The fraction of sp³-hybridized carbons (Fsp3) is 0.571. The Morgan fingerprint density at radius 1 is 1.45 bits per heavy atom. The first-order valence-corrected chi connectivity index (χ1v) is 6.92. The summed E-state index contributed by atoms with van der Waals surface area (Å²) in [5.74, 6) is 0.0394. The Kier molecular flexibility index (Phi) is 3.58. The Morgan fingerprint density at radius 2 is 2.30 bits per heavy atom. The maximum absolute atomic E-state index is 12.2. The van der Waals surface area contributed by atoms with Crippen molar-refractivity contribution in [3.05, 3.63) is 24.0 Å². The molecule has 0 bridgehead atoms. The molecule has 2 saturated heterocycles. The van der Waals surface area contributed by atoms with Gasteiger partial charge < -0.3 is 9.64 Å². The fourth-order valence-corrected chi connectivity index (χ4v) is 2.85. The van der Waals surface area contributed by atoms with Crippen LogP contribution in [0.25, 0.3) is 6.08 Å². The highest BCUT2D eigenvalue weighted by Crippen LogP contribution is 2.21. The summed E-state index contributed by atoms with van der Waals surface area (Å²) in [6, 6.07) is 2.21. The van der Waals surface area contributed by atoms with Crippen molar-refractivity contribution in [1.82, 2.24) is 19.6 Å². The average molecular weight is 276 g/mol. The van der Waals surface area contributed by atoms with E-state index in [0.29, 0.717) is 12.6 Å². The Morgan fingerprint density at radius 3 is 3.00 bits per heavy atom. The van der Waals surface area contributed by atoms with Crippen LogP contribution in [-0.4, -0.2) is 70.9 Å². The summed E-state index contributed by atoms with van der Waals surface area (Å²) in [6.07, 6.45) is 5.30. The van der Waals surface area contributed by atoms with Crippen molar-refractivity contribution >= 4 is 12.0 Å². The third-order valence-corrected chi connectivity index (χ3v) is 4.15. The van der Waals surface area contributed by atoms with E-state index in [1.54, 1.807) is 17.0 Å². The van der Waals surface area contributed by atoms with Crippen LogP contribution in [0.15, 0.2) is 18.3 Å². The molecule has 1 aromatic heterocycles. The van der Waals surface area contributed by atoms with Crippen LogP contribution >= 0.6 is 0 Å². The lowest BCUT2D eigenvalue weighted by atomic mass is 10.1. The summed E-state index contributed by atoms with van der Waals surface area (Å²) in [4.78, 5) is 16.4. The maximum Gasteiger partial charge on any atom is 0.246 e. The number of aryl methyl sites for hydroxylation is 1. The lowest BCUT2D eigenvalue weighted by molar-refractivity contribution is -0.125. The van der Waals surface area contributed by atoms with Crippen molar-refractivity contribution in [2.24, 2.45) is 7.05 Å². The zero-order valence-corrected chi connectivity index (χ0v) is 11.9. The lowest BCUT2D eigenvalue weighted by Crippen LogP contribution is -2.48. The molecule has 6 nitrogen and oxygen atoms in total. The molecule has 2 aliphatic rings. The molecular weight excluding hydrogens is 256 g/mol. The van der Waals surface area contributed by atoms with E-state index in [1.165, 1.54) is 0 Å². The molecule has 2 aliphatic heterocycles. The summed E-state index contributed by atoms with van der Waals surface area (Å²) in [7, 11) is 3.96. The standard InChI is InChI=1S/C14H20N4O2/c1-16-7-8-20-13-10-18(9-12(13)16)14(19)4-3-11-5-6-15-17(11)2/h3-6,12-13H,7-10H2,1-2H3/b4-3+/t12-,13+/m0/s1. The predicted octanol–water partition coefficient (Wildman–Crippen LogP) is -0.0253. The fourth-order valence-electron chi connectivity index (χ4n) is 2.85. The van der Waals surface area contributed by atoms with E-state index >= 15 is 0 Å². The average Bonchev–Trinajstić information content (AvgIpc) is 3.03. The minimum atomic E-state index is 0.0394. The number of hydrogen-bond acceptors (Lipinski definition) is 4. The van der Waals surface area contributed by atoms with Gasteiger partial charge in [-0.3, -0.25) is 14.4 Å². The van der Waals surface area contributed by atoms with Gasteiger partial charge in [-0.25, -0.2) is 0 Å². The molecule has 6 heteroatoms. The lowest BCUT2D eigenvalue weighted by Gasteiger charge is -2.33. The molecule has 3 rings (SSSR count). The highest BCUT2D eigenvalue weighted by molar-refractivity contribution is 5.91. The quantitative estimate of drug-likeness (QED) is 0.712. The van der Waals surface area contributed by atoms with Crippen molar-refractivity contribution in [3.8, 4) is 0 Å². The predicted molar refractivity (Wildman–Crippen MR) is 75.0 cm³/mol. The van der Waals surface area contributed by atoms with Crippen LogP contribution < -0.4 is 0 Å². The number of likely N-dealkylation sites (tertiary alicyclic amines) is 1. The molecule has 20 heavy (non-hydrogen) atoms. The number of likely N-dealkylation sites (N-methyl/N-ethyl adjacent to an activating group) is 1. The van der Waals surface area contributed by atoms with Crippen molar-refractivity contribution in [2.75, 3.05) is 33.3 Å². The van der Waals surface area contributed by atoms with Crippen molar-refractivity contribution < 1.29 is 9.53 Å². The van der Waals surface area contributed by atoms with E-state index in [1.807, 2.05) is 24.1 Å². The molecule has 0 spiro atoms. The van der Waals surface area contributed by atoms with Gasteiger partial charge in [-0.1, -0.05) is 0 Å². The highest BCUT2D eigenvalue weighted by Gasteiger charge is 2.39. The molecular formula is C14H20N4O2. The Bertz CT molecular complexity index is 525. The Labute approximate surface area is 118 Å². The van der Waals surface area contributed by atoms with Crippen LogP contribution in [0.5, 0.6) is 0 Å². The van der Waals surface area contributed by atoms with E-state index < -0.39 is 0 Å². The molecule has 0 N–H and O–H groups in total. The second-order valence-electron chi connectivity index (χ2n) is 5.41. The Hall–Kier alpha value is -1.66. The number of amides is 1. The summed E-state index contributed by atoms with van der Waals surface area (Å²) >= 11 is 0. The first kappa shape index (κ1) is 13.3. The summed E-state index contributed by atoms with van der Waals surface area (Å²) in [6.45, 7) is 3.12. The number of carbonyl (C=O) groups excluding carboxylic acids is 1. The summed E-state index contributed by atoms with van der Waals surface area (Å²) < 4.78 is 7.49. The number of morpholine rings is 1. The summed E-state index contributed by atoms with van der Waals surface area (Å²) in [5, 5.41) is 4.07. The van der Waals surface area contributed by atoms with Crippen LogP contribution in [0.3, 0.4) is 0 Å². The molecule has 2 atom stereocenters. The number of carbonyl (C=O) groups is 1. The smallest absolute Gasteiger partial charge is 0.246 e. The van der Waals surface area contributed by atoms with Crippen LogP contribution in [0.1, 0.15) is 5.69 Å². The van der Waals surface area contributed by atoms with Crippen molar-refractivity contribution in [1.29, 1.82) is 0 Å². The topological polar surface area (TPSA) is 50.6 Å². The second kappa shape index (κ2) is 5.38. The van der Waals surface area contributed by atoms with E-state index in [-0.39, 0.29) is 12.0 Å². The zero-order valence-electron chi connectivity index (χ0n) is 11.9. The first-order chi connectivity index (χ1) is 9.65. The van der Waals surface area contributed by atoms with Gasteiger partial charge in [0.1, 0.15) is 0 Å². The number of aromatic nitrogens is 2. The second-order valence-corrected chi connectivity index (χ2v) is 5.41. The van der Waals surface area contributed by atoms with Gasteiger partial charge in [0.05, 0.1) is 24.4 Å². The highest BCUT2D eigenvalue weighted by atomic mass is 16.5. The SMILES string of the molecule is CN1CCO[C@@H]2CN(C(=O)/C=C/c3ccnn3C)C[C@@H]21. The normalized spacial score (nSPS) is 27.2. The number of hydrogen-bond donors (Lipinski definition) is 0. The molecule has 1 amide bonds. The van der Waals surface area contributed by atoms with E-state index in [0.717, 1.165) is 25.4 Å². The van der Waals surface area contributed by atoms with Crippen LogP contribution in [0.4, 0.5) is 0 Å². The van der Waals surface area contributed by atoms with Crippen LogP contribution in [0, 0.1) is 0 Å². The maximum atomic E-state index is 12.2. The monoisotopic (exact) mass is 276 g/mol. The number of fused-ring (bicyclic) bond motifs is 1.